The quantitative estimate of drug-likeness (QED) is 0.944. The molecule has 0 bridgehead atoms. The van der Waals surface area contributed by atoms with Crippen molar-refractivity contribution in [1.82, 2.24) is 15.1 Å². The first-order chi connectivity index (χ1) is 11.1. The van der Waals surface area contributed by atoms with Gasteiger partial charge in [0.25, 0.3) is 5.91 Å². The summed E-state index contributed by atoms with van der Waals surface area (Å²) in [5.74, 6) is -0.0746. The van der Waals surface area contributed by atoms with Crippen LogP contribution in [0.1, 0.15) is 40.2 Å². The van der Waals surface area contributed by atoms with Gasteiger partial charge >= 0.3 is 0 Å². The molecule has 1 saturated heterocycles. The number of amides is 1. The van der Waals surface area contributed by atoms with Crippen LogP contribution in [0.5, 0.6) is 0 Å². The van der Waals surface area contributed by atoms with Crippen LogP contribution in [0.3, 0.4) is 0 Å². The van der Waals surface area contributed by atoms with Gasteiger partial charge in [-0.1, -0.05) is 12.1 Å². The monoisotopic (exact) mass is 313 g/mol. The Morgan fingerprint density at radius 2 is 2.22 bits per heavy atom. The molecule has 23 heavy (non-hydrogen) atoms. The van der Waals surface area contributed by atoms with Crippen LogP contribution in [0.4, 0.5) is 0 Å². The molecular formula is C18H23N3O2. The fourth-order valence-corrected chi connectivity index (χ4v) is 3.08. The summed E-state index contributed by atoms with van der Waals surface area (Å²) in [4.78, 5) is 12.5. The molecule has 0 saturated carbocycles. The Bertz CT molecular complexity index is 715. The summed E-state index contributed by atoms with van der Waals surface area (Å²) in [6.45, 7) is 7.21. The summed E-state index contributed by atoms with van der Waals surface area (Å²) in [6.07, 6.45) is 2.23. The maximum absolute atomic E-state index is 12.5. The van der Waals surface area contributed by atoms with Gasteiger partial charge in [0.2, 0.25) is 0 Å². The van der Waals surface area contributed by atoms with E-state index in [0.717, 1.165) is 36.5 Å². The maximum Gasteiger partial charge on any atom is 0.255 e. The van der Waals surface area contributed by atoms with E-state index >= 15 is 0 Å². The summed E-state index contributed by atoms with van der Waals surface area (Å²) in [7, 11) is 0. The van der Waals surface area contributed by atoms with Crippen molar-refractivity contribution in [2.24, 2.45) is 0 Å². The zero-order valence-corrected chi connectivity index (χ0v) is 13.9. The zero-order valence-electron chi connectivity index (χ0n) is 13.9. The average molecular weight is 313 g/mol. The standard InChI is InChI=1S/C18H23N3O2/c1-12-6-4-7-15(10-12)21-14(3)17(13(2)20-21)18(22)19-11-16-8-5-9-23-16/h4,6-7,10,16H,5,8-9,11H2,1-3H3,(H,19,22). The number of rotatable bonds is 4. The van der Waals surface area contributed by atoms with Crippen LogP contribution in [-0.2, 0) is 4.74 Å². The predicted molar refractivity (Wildman–Crippen MR) is 89.1 cm³/mol. The third-order valence-corrected chi connectivity index (χ3v) is 4.28. The molecule has 1 amide bonds. The SMILES string of the molecule is Cc1cccc(-n2nc(C)c(C(=O)NCC3CCCO3)c2C)c1. The Morgan fingerprint density at radius 1 is 1.39 bits per heavy atom. The highest BCUT2D eigenvalue weighted by atomic mass is 16.5. The minimum Gasteiger partial charge on any atom is -0.376 e. The number of nitrogens with one attached hydrogen (secondary N) is 1. The Kier molecular flexibility index (Phi) is 4.48. The van der Waals surface area contributed by atoms with Crippen molar-refractivity contribution in [2.45, 2.75) is 39.7 Å². The van der Waals surface area contributed by atoms with E-state index in [1.165, 1.54) is 5.56 Å². The van der Waals surface area contributed by atoms with Crippen LogP contribution in [0.15, 0.2) is 24.3 Å². The van der Waals surface area contributed by atoms with Crippen LogP contribution < -0.4 is 5.32 Å². The Hall–Kier alpha value is -2.14. The van der Waals surface area contributed by atoms with Gasteiger partial charge in [-0.3, -0.25) is 4.79 Å². The van der Waals surface area contributed by atoms with E-state index in [1.54, 1.807) is 0 Å². The Balaban J connectivity index is 1.81. The van der Waals surface area contributed by atoms with E-state index < -0.39 is 0 Å². The normalized spacial score (nSPS) is 17.4. The number of hydrogen-bond acceptors (Lipinski definition) is 3. The molecule has 1 aromatic carbocycles. The summed E-state index contributed by atoms with van der Waals surface area (Å²) < 4.78 is 7.39. The number of ether oxygens (including phenoxy) is 1. The molecule has 3 rings (SSSR count). The van der Waals surface area contributed by atoms with Crippen molar-refractivity contribution in [1.29, 1.82) is 0 Å². The molecule has 2 aromatic rings. The predicted octanol–water partition coefficient (Wildman–Crippen LogP) is 2.71. The van der Waals surface area contributed by atoms with E-state index in [2.05, 4.69) is 16.5 Å². The molecule has 2 heterocycles. The van der Waals surface area contributed by atoms with E-state index in [9.17, 15) is 4.79 Å². The van der Waals surface area contributed by atoms with Gasteiger partial charge in [0.1, 0.15) is 0 Å². The highest BCUT2D eigenvalue weighted by Gasteiger charge is 2.21. The number of benzene rings is 1. The molecule has 5 nitrogen and oxygen atoms in total. The molecule has 5 heteroatoms. The number of carbonyl (C=O) groups excluding carboxylic acids is 1. The van der Waals surface area contributed by atoms with Crippen LogP contribution in [0.25, 0.3) is 5.69 Å². The molecule has 0 aliphatic carbocycles. The Labute approximate surface area is 136 Å². The van der Waals surface area contributed by atoms with Gasteiger partial charge < -0.3 is 10.1 Å². The largest absolute Gasteiger partial charge is 0.376 e. The lowest BCUT2D eigenvalue weighted by Crippen LogP contribution is -2.32. The smallest absolute Gasteiger partial charge is 0.255 e. The van der Waals surface area contributed by atoms with E-state index in [4.69, 9.17) is 4.74 Å². The lowest BCUT2D eigenvalue weighted by Gasteiger charge is -2.11. The van der Waals surface area contributed by atoms with Crippen LogP contribution in [0.2, 0.25) is 0 Å². The van der Waals surface area contributed by atoms with Gasteiger partial charge in [-0.25, -0.2) is 4.68 Å². The van der Waals surface area contributed by atoms with Crippen LogP contribution in [-0.4, -0.2) is 34.9 Å². The lowest BCUT2D eigenvalue weighted by molar-refractivity contribution is 0.0856. The molecule has 122 valence electrons. The Morgan fingerprint density at radius 3 is 2.91 bits per heavy atom. The van der Waals surface area contributed by atoms with E-state index in [1.807, 2.05) is 43.7 Å². The molecule has 1 atom stereocenters. The summed E-state index contributed by atoms with van der Waals surface area (Å²) in [5.41, 5.74) is 4.40. The van der Waals surface area contributed by atoms with Gasteiger partial charge in [0, 0.05) is 13.2 Å². The first-order valence-electron chi connectivity index (χ1n) is 8.09. The van der Waals surface area contributed by atoms with Crippen molar-refractivity contribution >= 4 is 5.91 Å². The van der Waals surface area contributed by atoms with Gasteiger partial charge in [0.15, 0.2) is 0 Å². The minimum atomic E-state index is -0.0746. The third kappa shape index (κ3) is 3.29. The molecule has 1 aliphatic rings. The van der Waals surface area contributed by atoms with Crippen molar-refractivity contribution < 1.29 is 9.53 Å². The third-order valence-electron chi connectivity index (χ3n) is 4.28. The molecule has 1 fully saturated rings. The molecule has 1 aromatic heterocycles. The number of aromatic nitrogens is 2. The topological polar surface area (TPSA) is 56.2 Å². The highest BCUT2D eigenvalue weighted by Crippen LogP contribution is 2.19. The van der Waals surface area contributed by atoms with Crippen molar-refractivity contribution in [3.63, 3.8) is 0 Å². The second kappa shape index (κ2) is 6.54. The summed E-state index contributed by atoms with van der Waals surface area (Å²) >= 11 is 0. The fourth-order valence-electron chi connectivity index (χ4n) is 3.08. The molecular weight excluding hydrogens is 290 g/mol. The lowest BCUT2D eigenvalue weighted by atomic mass is 10.1. The molecule has 0 radical (unpaired) electrons. The highest BCUT2D eigenvalue weighted by molar-refractivity contribution is 5.96. The van der Waals surface area contributed by atoms with E-state index in [0.29, 0.717) is 12.1 Å². The molecule has 1 N–H and O–H groups in total. The first-order valence-corrected chi connectivity index (χ1v) is 8.09. The number of carbonyl (C=O) groups is 1. The minimum absolute atomic E-state index is 0.0746. The second-order valence-corrected chi connectivity index (χ2v) is 6.14. The van der Waals surface area contributed by atoms with Crippen LogP contribution in [0, 0.1) is 20.8 Å². The van der Waals surface area contributed by atoms with E-state index in [-0.39, 0.29) is 12.0 Å². The molecule has 1 unspecified atom stereocenters. The van der Waals surface area contributed by atoms with Crippen LogP contribution >= 0.6 is 0 Å². The van der Waals surface area contributed by atoms with Crippen molar-refractivity contribution in [3.05, 3.63) is 46.8 Å². The number of hydrogen-bond donors (Lipinski definition) is 1. The fraction of sp³-hybridized carbons (Fsp3) is 0.444. The average Bonchev–Trinajstić information content (AvgIpc) is 3.13. The second-order valence-electron chi connectivity index (χ2n) is 6.14. The van der Waals surface area contributed by atoms with Gasteiger partial charge in [-0.15, -0.1) is 0 Å². The van der Waals surface area contributed by atoms with Gasteiger partial charge in [0.05, 0.1) is 28.7 Å². The summed E-state index contributed by atoms with van der Waals surface area (Å²) in [6, 6.07) is 8.11. The number of nitrogens with zero attached hydrogens (tertiary/aromatic N) is 2. The molecule has 0 spiro atoms. The van der Waals surface area contributed by atoms with Crippen molar-refractivity contribution in [3.8, 4) is 5.69 Å². The maximum atomic E-state index is 12.5. The van der Waals surface area contributed by atoms with Gasteiger partial charge in [-0.05, 0) is 51.3 Å². The summed E-state index contributed by atoms with van der Waals surface area (Å²) in [5, 5.41) is 7.53. The van der Waals surface area contributed by atoms with Crippen molar-refractivity contribution in [2.75, 3.05) is 13.2 Å². The van der Waals surface area contributed by atoms with Gasteiger partial charge in [-0.2, -0.15) is 5.10 Å². The first kappa shape index (κ1) is 15.7. The molecule has 1 aliphatic heterocycles. The number of aryl methyl sites for hydroxylation is 2. The zero-order chi connectivity index (χ0) is 16.4.